The molecule has 0 radical (unpaired) electrons. The molecule has 11 nitrogen and oxygen atoms in total. The first-order valence-electron chi connectivity index (χ1n) is 22.4. The summed E-state index contributed by atoms with van der Waals surface area (Å²) in [5.41, 5.74) is 4.95. The second kappa shape index (κ2) is 18.4. The van der Waals surface area contributed by atoms with Crippen LogP contribution in [0.2, 0.25) is 69.5 Å². The molecule has 334 valence electrons. The molecule has 3 aromatic heterocycles. The van der Waals surface area contributed by atoms with Crippen LogP contribution in [0.5, 0.6) is 0 Å². The van der Waals surface area contributed by atoms with E-state index in [0.29, 0.717) is 33.1 Å². The molecule has 1 amide bonds. The van der Waals surface area contributed by atoms with E-state index >= 15 is 0 Å². The lowest BCUT2D eigenvalue weighted by Gasteiger charge is -2.42. The standard InChI is InChI=1S/C47H74N6O5Si3/c1-46(2,3)57-45(54)52-37-26-36(27-41(52)42(28-37)58-61(13,14)47(4,5)6)40-29-43(51(32-55-22-24-59(7,8)9)33-56-23-25-60(10,11)12)53-44(50-40)38(31-49-53)35-20-21-39(48-30-35)34-18-16-15-17-19-34/h15-21,29-31,36-37,41-42H,22-28,32-33H2,1-14H3. The number of hydrogen-bond acceptors (Lipinski definition) is 9. The normalized spacial score (nSPS) is 20.1. The number of benzene rings is 1. The molecule has 2 bridgehead atoms. The number of rotatable bonds is 16. The van der Waals surface area contributed by atoms with E-state index in [-0.39, 0.29) is 35.2 Å². The summed E-state index contributed by atoms with van der Waals surface area (Å²) in [6.45, 7) is 33.6. The number of pyridine rings is 1. The van der Waals surface area contributed by atoms with Gasteiger partial charge < -0.3 is 23.5 Å². The highest BCUT2D eigenvalue weighted by atomic mass is 28.4. The van der Waals surface area contributed by atoms with E-state index in [0.717, 1.165) is 64.5 Å². The SMILES string of the molecule is CC(C)(C)OC(=O)N1C2CC(c3cc(N(COCC[Si](C)(C)C)COCC[Si](C)(C)C)n4ncc(-c5ccc(-c6ccccc6)nc5)c4n3)CC1C(O[Si](C)(C)C(C)(C)C)C2. The first-order chi connectivity index (χ1) is 28.4. The average Bonchev–Trinajstić information content (AvgIpc) is 3.67. The van der Waals surface area contributed by atoms with E-state index in [1.54, 1.807) is 0 Å². The van der Waals surface area contributed by atoms with E-state index < -0.39 is 30.1 Å². The minimum Gasteiger partial charge on any atom is -0.444 e. The Labute approximate surface area is 369 Å². The number of fused-ring (bicyclic) bond motifs is 3. The van der Waals surface area contributed by atoms with Crippen LogP contribution in [0, 0.1) is 0 Å². The molecule has 1 aromatic carbocycles. The van der Waals surface area contributed by atoms with Gasteiger partial charge >= 0.3 is 6.09 Å². The first-order valence-corrected chi connectivity index (χ1v) is 32.7. The third kappa shape index (κ3) is 12.0. The van der Waals surface area contributed by atoms with Crippen molar-refractivity contribution >= 4 is 42.0 Å². The largest absolute Gasteiger partial charge is 0.444 e. The zero-order valence-corrected chi connectivity index (χ0v) is 42.7. The van der Waals surface area contributed by atoms with Crippen LogP contribution in [0.1, 0.15) is 72.4 Å². The molecule has 2 aliphatic heterocycles. The van der Waals surface area contributed by atoms with Gasteiger partial charge in [-0.2, -0.15) is 9.61 Å². The Morgan fingerprint density at radius 1 is 0.803 bits per heavy atom. The minimum atomic E-state index is -2.16. The maximum absolute atomic E-state index is 14.0. The molecule has 4 atom stereocenters. The zero-order valence-electron chi connectivity index (χ0n) is 39.7. The molecule has 2 fully saturated rings. The summed E-state index contributed by atoms with van der Waals surface area (Å²) in [5.74, 6) is 0.936. The van der Waals surface area contributed by atoms with E-state index in [4.69, 9.17) is 33.7 Å². The molecular weight excluding hydrogens is 813 g/mol. The summed E-state index contributed by atoms with van der Waals surface area (Å²) in [6, 6.07) is 18.6. The Hall–Kier alpha value is -3.41. The van der Waals surface area contributed by atoms with Gasteiger partial charge in [-0.3, -0.25) is 9.88 Å². The summed E-state index contributed by atoms with van der Waals surface area (Å²) < 4.78 is 28.1. The summed E-state index contributed by atoms with van der Waals surface area (Å²) in [6.07, 6.45) is 5.74. The molecule has 2 aliphatic rings. The van der Waals surface area contributed by atoms with Crippen molar-refractivity contribution in [2.24, 2.45) is 0 Å². The van der Waals surface area contributed by atoms with Crippen LogP contribution in [0.3, 0.4) is 0 Å². The summed E-state index contributed by atoms with van der Waals surface area (Å²) in [7, 11) is -4.78. The van der Waals surface area contributed by atoms with Gasteiger partial charge in [0, 0.05) is 76.0 Å². The predicted octanol–water partition coefficient (Wildman–Crippen LogP) is 11.5. The van der Waals surface area contributed by atoms with E-state index in [1.807, 2.05) is 60.8 Å². The number of hydrogen-bond donors (Lipinski definition) is 0. The fourth-order valence-electron chi connectivity index (χ4n) is 7.91. The zero-order chi connectivity index (χ0) is 44.5. The Balaban J connectivity index is 1.42. The van der Waals surface area contributed by atoms with Crippen LogP contribution in [0.4, 0.5) is 10.6 Å². The van der Waals surface area contributed by atoms with Crippen molar-refractivity contribution in [3.63, 3.8) is 0 Å². The summed E-state index contributed by atoms with van der Waals surface area (Å²) in [5, 5.41) is 5.04. The number of carbonyl (C=O) groups is 1. The van der Waals surface area contributed by atoms with Gasteiger partial charge in [-0.1, -0.05) is 96.5 Å². The van der Waals surface area contributed by atoms with Crippen LogP contribution in [0.25, 0.3) is 28.0 Å². The number of piperidine rings is 1. The van der Waals surface area contributed by atoms with Crippen LogP contribution in [-0.4, -0.2) is 106 Å². The van der Waals surface area contributed by atoms with Crippen molar-refractivity contribution in [1.82, 2.24) is 24.5 Å². The molecule has 4 aromatic rings. The van der Waals surface area contributed by atoms with Crippen LogP contribution >= 0.6 is 0 Å². The van der Waals surface area contributed by atoms with Gasteiger partial charge in [0.1, 0.15) is 24.9 Å². The van der Waals surface area contributed by atoms with Gasteiger partial charge in [-0.25, -0.2) is 9.78 Å². The van der Waals surface area contributed by atoms with Crippen molar-refractivity contribution in [2.75, 3.05) is 31.6 Å². The predicted molar refractivity (Wildman–Crippen MR) is 256 cm³/mol. The lowest BCUT2D eigenvalue weighted by molar-refractivity contribution is -0.000989. The Bertz CT molecular complexity index is 2060. The van der Waals surface area contributed by atoms with Gasteiger partial charge in [-0.15, -0.1) is 0 Å². The quantitative estimate of drug-likeness (QED) is 0.0618. The minimum absolute atomic E-state index is 0.0334. The topological polar surface area (TPSA) is 104 Å². The number of ether oxygens (including phenoxy) is 3. The van der Waals surface area contributed by atoms with Crippen LogP contribution < -0.4 is 4.90 Å². The number of nitrogens with zero attached hydrogens (tertiary/aromatic N) is 6. The Morgan fingerprint density at radius 2 is 1.44 bits per heavy atom. The highest BCUT2D eigenvalue weighted by Crippen LogP contribution is 2.48. The number of carbonyl (C=O) groups excluding carboxylic acids is 1. The molecule has 61 heavy (non-hydrogen) atoms. The van der Waals surface area contributed by atoms with Gasteiger partial charge in [-0.05, 0) is 76.3 Å². The molecule has 4 unspecified atom stereocenters. The van der Waals surface area contributed by atoms with Crippen LogP contribution in [-0.2, 0) is 18.6 Å². The molecule has 14 heteroatoms. The van der Waals surface area contributed by atoms with Crippen molar-refractivity contribution in [3.05, 3.63) is 66.6 Å². The number of anilines is 1. The number of aromatic nitrogens is 4. The molecule has 6 rings (SSSR count). The maximum atomic E-state index is 14.0. The fourth-order valence-corrected chi connectivity index (χ4v) is 10.8. The monoisotopic (exact) mass is 887 g/mol. The van der Waals surface area contributed by atoms with Crippen molar-refractivity contribution in [3.8, 4) is 22.4 Å². The fraction of sp³-hybridized carbons (Fsp3) is 0.617. The third-order valence-electron chi connectivity index (χ3n) is 12.5. The van der Waals surface area contributed by atoms with Gasteiger partial charge in [0.25, 0.3) is 0 Å². The molecule has 0 aliphatic carbocycles. The van der Waals surface area contributed by atoms with E-state index in [2.05, 4.69) is 108 Å². The number of amides is 1. The average molecular weight is 887 g/mol. The molecule has 0 N–H and O–H groups in total. The maximum Gasteiger partial charge on any atom is 0.410 e. The smallest absolute Gasteiger partial charge is 0.410 e. The highest BCUT2D eigenvalue weighted by molar-refractivity contribution is 6.76. The summed E-state index contributed by atoms with van der Waals surface area (Å²) >= 11 is 0. The second-order valence-corrected chi connectivity index (χ2v) is 38.3. The van der Waals surface area contributed by atoms with Gasteiger partial charge in [0.2, 0.25) is 0 Å². The molecule has 0 saturated carbocycles. The van der Waals surface area contributed by atoms with E-state index in [1.165, 1.54) is 0 Å². The van der Waals surface area contributed by atoms with Gasteiger partial charge in [0.05, 0.1) is 24.0 Å². The van der Waals surface area contributed by atoms with Crippen molar-refractivity contribution in [1.29, 1.82) is 0 Å². The Morgan fingerprint density at radius 3 is 2.00 bits per heavy atom. The second-order valence-electron chi connectivity index (χ2n) is 22.3. The van der Waals surface area contributed by atoms with Crippen molar-refractivity contribution in [2.45, 2.75) is 160 Å². The van der Waals surface area contributed by atoms with Gasteiger partial charge in [0.15, 0.2) is 14.0 Å². The van der Waals surface area contributed by atoms with Crippen LogP contribution in [0.15, 0.2) is 60.9 Å². The molecule has 0 spiro atoms. The van der Waals surface area contributed by atoms with Crippen molar-refractivity contribution < 1.29 is 23.4 Å². The summed E-state index contributed by atoms with van der Waals surface area (Å²) in [4.78, 5) is 28.6. The molecular formula is C47H74N6O5Si3. The Kier molecular flexibility index (Phi) is 14.2. The lowest BCUT2D eigenvalue weighted by Crippen LogP contribution is -2.52. The lowest BCUT2D eigenvalue weighted by atomic mass is 9.88. The highest BCUT2D eigenvalue weighted by Gasteiger charge is 2.53. The molecule has 5 heterocycles. The third-order valence-corrected chi connectivity index (χ3v) is 20.4. The molecule has 2 saturated heterocycles. The first kappa shape index (κ1) is 47.1. The van der Waals surface area contributed by atoms with E-state index in [9.17, 15) is 4.79 Å².